The number of fused-ring (bicyclic) bond motifs is 2. The molecule has 0 radical (unpaired) electrons. The molecular weight excluding hydrogens is 492 g/mol. The Morgan fingerprint density at radius 1 is 1.15 bits per heavy atom. The molecule has 7 heteroatoms. The molecule has 39 heavy (non-hydrogen) atoms. The molecule has 9 atom stereocenters. The summed E-state index contributed by atoms with van der Waals surface area (Å²) in [6.45, 7) is 10.3. The lowest BCUT2D eigenvalue weighted by molar-refractivity contribution is -0.183. The van der Waals surface area contributed by atoms with E-state index in [4.69, 9.17) is 4.84 Å². The Kier molecular flexibility index (Phi) is 7.68. The van der Waals surface area contributed by atoms with E-state index in [9.17, 15) is 20.1 Å². The minimum Gasteiger partial charge on any atom is -0.394 e. The van der Waals surface area contributed by atoms with Crippen LogP contribution in [0.25, 0.3) is 0 Å². The average molecular weight is 537 g/mol. The molecule has 1 amide bonds. The van der Waals surface area contributed by atoms with Crippen molar-refractivity contribution in [3.8, 4) is 0 Å². The van der Waals surface area contributed by atoms with E-state index in [1.807, 2.05) is 54.6 Å². The van der Waals surface area contributed by atoms with Crippen LogP contribution in [0.3, 0.4) is 0 Å². The summed E-state index contributed by atoms with van der Waals surface area (Å²) in [7, 11) is 0. The van der Waals surface area contributed by atoms with E-state index in [1.54, 1.807) is 18.9 Å². The summed E-state index contributed by atoms with van der Waals surface area (Å²) in [4.78, 5) is 20.0. The van der Waals surface area contributed by atoms with Gasteiger partial charge in [-0.25, -0.2) is 0 Å². The second-order valence-corrected chi connectivity index (χ2v) is 12.9. The van der Waals surface area contributed by atoms with Gasteiger partial charge in [-0.05, 0) is 66.5 Å². The third-order valence-corrected chi connectivity index (χ3v) is 10.2. The topological polar surface area (TPSA) is 102 Å². The summed E-state index contributed by atoms with van der Waals surface area (Å²) in [5.41, 5.74) is 1.50. The summed E-state index contributed by atoms with van der Waals surface area (Å²) >= 11 is 0. The van der Waals surface area contributed by atoms with Gasteiger partial charge in [0.15, 0.2) is 0 Å². The van der Waals surface area contributed by atoms with Crippen molar-refractivity contribution < 1.29 is 25.0 Å². The minimum atomic E-state index is -1.19. The van der Waals surface area contributed by atoms with Gasteiger partial charge in [0.25, 0.3) is 0 Å². The Morgan fingerprint density at radius 3 is 2.46 bits per heavy atom. The van der Waals surface area contributed by atoms with Crippen molar-refractivity contribution >= 4 is 5.91 Å². The molecule has 1 heterocycles. The minimum absolute atomic E-state index is 0.0863. The second-order valence-electron chi connectivity index (χ2n) is 12.9. The second kappa shape index (κ2) is 10.6. The number of aliphatic hydroxyl groups is 3. The highest BCUT2D eigenvalue weighted by Gasteiger charge is 2.57. The zero-order valence-corrected chi connectivity index (χ0v) is 23.7. The van der Waals surface area contributed by atoms with E-state index in [0.717, 1.165) is 23.1 Å². The number of carbonyl (C=O) groups excluding carboxylic acids is 1. The normalized spacial score (nSPS) is 34.1. The van der Waals surface area contributed by atoms with Gasteiger partial charge in [0.05, 0.1) is 19.3 Å². The number of hydrogen-bond donors (Lipinski definition) is 4. The molecule has 7 nitrogen and oxygen atoms in total. The molecule has 1 saturated heterocycles. The molecule has 4 N–H and O–H groups in total. The van der Waals surface area contributed by atoms with Crippen molar-refractivity contribution in [2.24, 2.45) is 29.1 Å². The highest BCUT2D eigenvalue weighted by atomic mass is 16.7. The molecule has 3 aliphatic carbocycles. The lowest BCUT2D eigenvalue weighted by Gasteiger charge is -2.62. The number of hydroxylamine groups is 2. The van der Waals surface area contributed by atoms with E-state index in [2.05, 4.69) is 26.1 Å². The molecule has 212 valence electrons. The number of benzene rings is 2. The molecule has 6 rings (SSSR count). The number of hydrogen-bond acceptors (Lipinski definition) is 6. The van der Waals surface area contributed by atoms with E-state index in [0.29, 0.717) is 23.2 Å². The first-order chi connectivity index (χ1) is 18.4. The quantitative estimate of drug-likeness (QED) is 0.411. The predicted octanol–water partition coefficient (Wildman–Crippen LogP) is 3.60. The number of aliphatic hydroxyl groups excluding tert-OH is 2. The Morgan fingerprint density at radius 2 is 1.85 bits per heavy atom. The van der Waals surface area contributed by atoms with Crippen LogP contribution in [0.5, 0.6) is 0 Å². The van der Waals surface area contributed by atoms with E-state index in [-0.39, 0.29) is 25.1 Å². The van der Waals surface area contributed by atoms with Crippen LogP contribution in [-0.4, -0.2) is 57.2 Å². The summed E-state index contributed by atoms with van der Waals surface area (Å²) in [5.74, 6) is 0.837. The first kappa shape index (κ1) is 28.2. The Bertz CT molecular complexity index is 1170. The maximum Gasteiger partial charge on any atom is 0.240 e. The fraction of sp³-hybridized carbons (Fsp3) is 0.594. The molecule has 4 aliphatic rings. The predicted molar refractivity (Wildman–Crippen MR) is 149 cm³/mol. The van der Waals surface area contributed by atoms with E-state index < -0.39 is 29.8 Å². The summed E-state index contributed by atoms with van der Waals surface area (Å²) in [6, 6.07) is 16.5. The van der Waals surface area contributed by atoms with Crippen LogP contribution in [-0.2, 0) is 21.8 Å². The lowest BCUT2D eigenvalue weighted by Crippen LogP contribution is -2.62. The van der Waals surface area contributed by atoms with Crippen LogP contribution in [0.15, 0.2) is 54.6 Å². The standard InChI is InChI=1S/C32H44N2O5/c1-19-25-15-24(31(25,3)4)16-26(19)33-30(37)29-28(20(2)36)27(18-35)39-34(29)17-21-10-9-13-23(14-21)32(5,38)22-11-7-6-8-12-22/h6-14,19-20,24-29,35-36,38H,15-18H2,1-5H3,(H,33,37)/t19-,20-,24+,25-,26-,27-,28+,29-,32?/m0/s1. The van der Waals surface area contributed by atoms with Gasteiger partial charge >= 0.3 is 0 Å². The zero-order chi connectivity index (χ0) is 28.1. The number of nitrogens with zero attached hydrogens (tertiary/aromatic N) is 1. The monoisotopic (exact) mass is 536 g/mol. The van der Waals surface area contributed by atoms with Gasteiger partial charge in [0, 0.05) is 12.0 Å². The molecule has 2 aromatic carbocycles. The molecule has 3 saturated carbocycles. The van der Waals surface area contributed by atoms with Gasteiger partial charge in [0.1, 0.15) is 17.7 Å². The molecule has 1 aliphatic heterocycles. The Balaban J connectivity index is 1.37. The van der Waals surface area contributed by atoms with Crippen LogP contribution < -0.4 is 5.32 Å². The summed E-state index contributed by atoms with van der Waals surface area (Å²) in [5, 5.41) is 37.1. The van der Waals surface area contributed by atoms with Gasteiger partial charge in [-0.3, -0.25) is 9.63 Å². The van der Waals surface area contributed by atoms with Crippen LogP contribution in [0, 0.1) is 29.1 Å². The molecule has 1 unspecified atom stereocenters. The fourth-order valence-electron chi connectivity index (χ4n) is 7.57. The van der Waals surface area contributed by atoms with Crippen LogP contribution in [0.4, 0.5) is 0 Å². The largest absolute Gasteiger partial charge is 0.394 e. The van der Waals surface area contributed by atoms with E-state index in [1.165, 1.54) is 6.42 Å². The highest BCUT2D eigenvalue weighted by Crippen LogP contribution is 2.61. The van der Waals surface area contributed by atoms with Crippen molar-refractivity contribution in [2.75, 3.05) is 6.61 Å². The fourth-order valence-corrected chi connectivity index (χ4v) is 7.57. The molecule has 0 spiro atoms. The third kappa shape index (κ3) is 5.04. The van der Waals surface area contributed by atoms with Crippen molar-refractivity contribution in [2.45, 2.75) is 83.9 Å². The zero-order valence-electron chi connectivity index (χ0n) is 23.7. The Hall–Kier alpha value is -2.29. The Labute approximate surface area is 232 Å². The molecule has 4 fully saturated rings. The van der Waals surface area contributed by atoms with Crippen molar-refractivity contribution in [3.05, 3.63) is 71.3 Å². The molecule has 0 aromatic heterocycles. The first-order valence-corrected chi connectivity index (χ1v) is 14.3. The van der Waals surface area contributed by atoms with Gasteiger partial charge in [-0.15, -0.1) is 0 Å². The van der Waals surface area contributed by atoms with Crippen molar-refractivity contribution in [1.29, 1.82) is 0 Å². The maximum absolute atomic E-state index is 13.9. The van der Waals surface area contributed by atoms with Crippen molar-refractivity contribution in [3.63, 3.8) is 0 Å². The molecular formula is C32H44N2O5. The first-order valence-electron chi connectivity index (χ1n) is 14.3. The molecule has 2 bridgehead atoms. The number of rotatable bonds is 8. The lowest BCUT2D eigenvalue weighted by atomic mass is 9.45. The number of amides is 1. The smallest absolute Gasteiger partial charge is 0.240 e. The maximum atomic E-state index is 13.9. The molecule has 2 aromatic rings. The van der Waals surface area contributed by atoms with Gasteiger partial charge in [-0.2, -0.15) is 5.06 Å². The average Bonchev–Trinajstić information content (AvgIpc) is 3.28. The number of carbonyl (C=O) groups is 1. The van der Waals surface area contributed by atoms with Crippen LogP contribution >= 0.6 is 0 Å². The van der Waals surface area contributed by atoms with Crippen LogP contribution in [0.1, 0.15) is 64.2 Å². The van der Waals surface area contributed by atoms with Gasteiger partial charge in [0.2, 0.25) is 5.91 Å². The number of nitrogens with one attached hydrogen (secondary N) is 1. The van der Waals surface area contributed by atoms with Gasteiger partial charge < -0.3 is 20.6 Å². The summed E-state index contributed by atoms with van der Waals surface area (Å²) in [6.07, 6.45) is 0.658. The van der Waals surface area contributed by atoms with Gasteiger partial charge in [-0.1, -0.05) is 75.4 Å². The third-order valence-electron chi connectivity index (χ3n) is 10.2. The highest BCUT2D eigenvalue weighted by molar-refractivity contribution is 5.82. The summed E-state index contributed by atoms with van der Waals surface area (Å²) < 4.78 is 0. The van der Waals surface area contributed by atoms with E-state index >= 15 is 0 Å². The van der Waals surface area contributed by atoms with Crippen molar-refractivity contribution in [1.82, 2.24) is 10.4 Å². The van der Waals surface area contributed by atoms with Crippen LogP contribution in [0.2, 0.25) is 0 Å². The SMILES string of the molecule is C[C@@H]1[C@@H](NC(=O)[C@@H]2[C@H]([C@H](C)O)[C@H](CO)ON2Cc2cccc(C(C)(O)c3ccccc3)c2)C[C@H]2C[C@@H]1C2(C)C.